The van der Waals surface area contributed by atoms with E-state index in [1.807, 2.05) is 0 Å². The van der Waals surface area contributed by atoms with Crippen LogP contribution in [0, 0.1) is 0 Å². The molecule has 114 valence electrons. The Balaban J connectivity index is 2.60. The molecule has 0 unspecified atom stereocenters. The first-order chi connectivity index (χ1) is 9.67. The molecule has 0 atom stereocenters. The molecule has 0 aliphatic rings. The molecule has 1 aromatic rings. The SMILES string of the molecule is CC(C)(C)OC(=O)c1ccc(OC(=O)CCC(=O)O)cc1. The monoisotopic (exact) mass is 294 g/mol. The average molecular weight is 294 g/mol. The summed E-state index contributed by atoms with van der Waals surface area (Å²) >= 11 is 0. The third-order valence-electron chi connectivity index (χ3n) is 2.26. The summed E-state index contributed by atoms with van der Waals surface area (Å²) in [5.41, 5.74) is -0.241. The number of benzene rings is 1. The van der Waals surface area contributed by atoms with Gasteiger partial charge in [0.2, 0.25) is 0 Å². The Morgan fingerprint density at radius 1 is 1.05 bits per heavy atom. The zero-order valence-electron chi connectivity index (χ0n) is 12.2. The van der Waals surface area contributed by atoms with E-state index >= 15 is 0 Å². The molecule has 21 heavy (non-hydrogen) atoms. The summed E-state index contributed by atoms with van der Waals surface area (Å²) < 4.78 is 10.1. The van der Waals surface area contributed by atoms with Gasteiger partial charge in [-0.2, -0.15) is 0 Å². The van der Waals surface area contributed by atoms with E-state index < -0.39 is 23.5 Å². The molecule has 1 rings (SSSR count). The number of ether oxygens (including phenoxy) is 2. The number of carbonyl (C=O) groups excluding carboxylic acids is 2. The quantitative estimate of drug-likeness (QED) is 0.662. The standard InChI is InChI=1S/C15H18O6/c1-15(2,3)21-14(19)10-4-6-11(7-5-10)20-13(18)9-8-12(16)17/h4-7H,8-9H2,1-3H3,(H,16,17). The smallest absolute Gasteiger partial charge is 0.338 e. The second-order valence-electron chi connectivity index (χ2n) is 5.39. The molecule has 0 spiro atoms. The van der Waals surface area contributed by atoms with E-state index in [0.717, 1.165) is 0 Å². The molecule has 0 saturated heterocycles. The molecule has 6 heteroatoms. The maximum atomic E-state index is 11.8. The van der Waals surface area contributed by atoms with Gasteiger partial charge in [0.05, 0.1) is 18.4 Å². The van der Waals surface area contributed by atoms with Crippen molar-refractivity contribution in [3.8, 4) is 5.75 Å². The third kappa shape index (κ3) is 6.56. The zero-order chi connectivity index (χ0) is 16.0. The normalized spacial score (nSPS) is 10.8. The van der Waals surface area contributed by atoms with Crippen LogP contribution in [0.3, 0.4) is 0 Å². The first kappa shape index (κ1) is 16.7. The molecule has 1 aromatic carbocycles. The number of hydrogen-bond acceptors (Lipinski definition) is 5. The molecular weight excluding hydrogens is 276 g/mol. The molecule has 0 aliphatic carbocycles. The van der Waals surface area contributed by atoms with E-state index in [1.54, 1.807) is 20.8 Å². The first-order valence-corrected chi connectivity index (χ1v) is 6.43. The predicted octanol–water partition coefficient (Wildman–Crippen LogP) is 2.41. The second kappa shape index (κ2) is 6.88. The van der Waals surface area contributed by atoms with Crippen LogP contribution < -0.4 is 4.74 Å². The topological polar surface area (TPSA) is 89.9 Å². The number of carbonyl (C=O) groups is 3. The fourth-order valence-corrected chi connectivity index (χ4v) is 1.39. The molecule has 0 fully saturated rings. The Morgan fingerprint density at radius 3 is 2.10 bits per heavy atom. The minimum Gasteiger partial charge on any atom is -0.481 e. The lowest BCUT2D eigenvalue weighted by molar-refractivity contribution is -0.142. The summed E-state index contributed by atoms with van der Waals surface area (Å²) in [6, 6.07) is 5.87. The van der Waals surface area contributed by atoms with Crippen LogP contribution in [0.1, 0.15) is 44.0 Å². The number of aliphatic carboxylic acids is 1. The average Bonchev–Trinajstić information content (AvgIpc) is 2.35. The summed E-state index contributed by atoms with van der Waals surface area (Å²) in [5, 5.41) is 8.46. The lowest BCUT2D eigenvalue weighted by Gasteiger charge is -2.19. The van der Waals surface area contributed by atoms with Gasteiger partial charge in [-0.15, -0.1) is 0 Å². The number of carboxylic acid groups (broad SMARTS) is 1. The van der Waals surface area contributed by atoms with Crippen molar-refractivity contribution in [1.82, 2.24) is 0 Å². The van der Waals surface area contributed by atoms with Crippen molar-refractivity contribution in [3.63, 3.8) is 0 Å². The number of esters is 2. The van der Waals surface area contributed by atoms with E-state index in [1.165, 1.54) is 24.3 Å². The minimum atomic E-state index is -1.06. The van der Waals surface area contributed by atoms with Gasteiger partial charge >= 0.3 is 17.9 Å². The van der Waals surface area contributed by atoms with Crippen molar-refractivity contribution >= 4 is 17.9 Å². The Kier molecular flexibility index (Phi) is 5.46. The van der Waals surface area contributed by atoms with Crippen LogP contribution in [-0.2, 0) is 14.3 Å². The number of hydrogen-bond donors (Lipinski definition) is 1. The zero-order valence-corrected chi connectivity index (χ0v) is 12.2. The van der Waals surface area contributed by atoms with Gasteiger partial charge in [-0.25, -0.2) is 4.79 Å². The molecular formula is C15H18O6. The molecule has 0 aliphatic heterocycles. The predicted molar refractivity (Wildman–Crippen MR) is 74.1 cm³/mol. The van der Waals surface area contributed by atoms with Crippen molar-refractivity contribution in [2.45, 2.75) is 39.2 Å². The van der Waals surface area contributed by atoms with Crippen LogP contribution in [0.4, 0.5) is 0 Å². The summed E-state index contributed by atoms with van der Waals surface area (Å²) in [6.07, 6.45) is -0.488. The maximum absolute atomic E-state index is 11.8. The van der Waals surface area contributed by atoms with Crippen LogP contribution in [0.5, 0.6) is 5.75 Å². The molecule has 0 aromatic heterocycles. The van der Waals surface area contributed by atoms with Crippen molar-refractivity contribution < 1.29 is 29.0 Å². The van der Waals surface area contributed by atoms with Gasteiger partial charge in [0.1, 0.15) is 11.4 Å². The number of rotatable bonds is 5. The molecule has 0 radical (unpaired) electrons. The van der Waals surface area contributed by atoms with Crippen molar-refractivity contribution in [2.75, 3.05) is 0 Å². The Labute approximate surface area is 122 Å². The van der Waals surface area contributed by atoms with E-state index in [0.29, 0.717) is 5.56 Å². The molecule has 0 heterocycles. The van der Waals surface area contributed by atoms with Crippen LogP contribution in [0.2, 0.25) is 0 Å². The highest BCUT2D eigenvalue weighted by Crippen LogP contribution is 2.16. The van der Waals surface area contributed by atoms with E-state index in [-0.39, 0.29) is 18.6 Å². The molecule has 0 saturated carbocycles. The maximum Gasteiger partial charge on any atom is 0.338 e. The fraction of sp³-hybridized carbons (Fsp3) is 0.400. The van der Waals surface area contributed by atoms with Crippen LogP contribution >= 0.6 is 0 Å². The molecule has 0 amide bonds. The van der Waals surface area contributed by atoms with Crippen LogP contribution in [0.15, 0.2) is 24.3 Å². The van der Waals surface area contributed by atoms with Gasteiger partial charge in [0.15, 0.2) is 0 Å². The second-order valence-corrected chi connectivity index (χ2v) is 5.39. The Hall–Kier alpha value is -2.37. The van der Waals surface area contributed by atoms with Crippen LogP contribution in [-0.4, -0.2) is 28.6 Å². The highest BCUT2D eigenvalue weighted by molar-refractivity contribution is 5.90. The van der Waals surface area contributed by atoms with Gasteiger partial charge in [-0.1, -0.05) is 0 Å². The lowest BCUT2D eigenvalue weighted by atomic mass is 10.1. The summed E-state index contributed by atoms with van der Waals surface area (Å²) in [7, 11) is 0. The third-order valence-corrected chi connectivity index (χ3v) is 2.26. The molecule has 1 N–H and O–H groups in total. The van der Waals surface area contributed by atoms with Gasteiger partial charge < -0.3 is 14.6 Å². The van der Waals surface area contributed by atoms with Gasteiger partial charge in [0, 0.05) is 0 Å². The van der Waals surface area contributed by atoms with Crippen LogP contribution in [0.25, 0.3) is 0 Å². The van der Waals surface area contributed by atoms with E-state index in [9.17, 15) is 14.4 Å². The van der Waals surface area contributed by atoms with Crippen molar-refractivity contribution in [3.05, 3.63) is 29.8 Å². The van der Waals surface area contributed by atoms with Gasteiger partial charge in [0.25, 0.3) is 0 Å². The Bertz CT molecular complexity index is 524. The molecule has 0 bridgehead atoms. The van der Waals surface area contributed by atoms with Crippen molar-refractivity contribution in [1.29, 1.82) is 0 Å². The highest BCUT2D eigenvalue weighted by Gasteiger charge is 2.18. The fourth-order valence-electron chi connectivity index (χ4n) is 1.39. The summed E-state index contributed by atoms with van der Waals surface area (Å²) in [6.45, 7) is 5.30. The summed E-state index contributed by atoms with van der Waals surface area (Å²) in [4.78, 5) is 33.5. The highest BCUT2D eigenvalue weighted by atomic mass is 16.6. The van der Waals surface area contributed by atoms with Gasteiger partial charge in [-0.05, 0) is 45.0 Å². The van der Waals surface area contributed by atoms with E-state index in [4.69, 9.17) is 14.6 Å². The molecule has 6 nitrogen and oxygen atoms in total. The largest absolute Gasteiger partial charge is 0.481 e. The summed E-state index contributed by atoms with van der Waals surface area (Å²) in [5.74, 6) is -1.92. The lowest BCUT2D eigenvalue weighted by Crippen LogP contribution is -2.23. The van der Waals surface area contributed by atoms with Crippen molar-refractivity contribution in [2.24, 2.45) is 0 Å². The Morgan fingerprint density at radius 2 is 1.62 bits per heavy atom. The van der Waals surface area contributed by atoms with E-state index in [2.05, 4.69) is 0 Å². The minimum absolute atomic E-state index is 0.205. The number of carboxylic acids is 1. The first-order valence-electron chi connectivity index (χ1n) is 6.43. The van der Waals surface area contributed by atoms with Gasteiger partial charge in [-0.3, -0.25) is 9.59 Å².